The van der Waals surface area contributed by atoms with Crippen LogP contribution in [0, 0.1) is 6.92 Å². The van der Waals surface area contributed by atoms with Crippen LogP contribution in [0.15, 0.2) is 23.1 Å². The van der Waals surface area contributed by atoms with Gasteiger partial charge in [-0.05, 0) is 50.3 Å². The third kappa shape index (κ3) is 3.11. The number of sulfonamides is 1. The van der Waals surface area contributed by atoms with Crippen molar-refractivity contribution in [2.45, 2.75) is 49.6 Å². The van der Waals surface area contributed by atoms with Crippen LogP contribution in [0.25, 0.3) is 0 Å². The number of hydrogen-bond donors (Lipinski definition) is 0. The van der Waals surface area contributed by atoms with Crippen LogP contribution in [0.2, 0.25) is 5.02 Å². The van der Waals surface area contributed by atoms with Crippen LogP contribution >= 0.6 is 11.6 Å². The number of ether oxygens (including phenoxy) is 1. The van der Waals surface area contributed by atoms with Gasteiger partial charge in [-0.2, -0.15) is 4.31 Å². The Morgan fingerprint density at radius 3 is 2.33 bits per heavy atom. The lowest BCUT2D eigenvalue weighted by Crippen LogP contribution is -2.44. The minimum atomic E-state index is -3.48. The first-order chi connectivity index (χ1) is 10.00. The van der Waals surface area contributed by atoms with E-state index in [9.17, 15) is 8.42 Å². The number of halogens is 1. The van der Waals surface area contributed by atoms with E-state index in [2.05, 4.69) is 0 Å². The third-order valence-electron chi connectivity index (χ3n) is 4.18. The lowest BCUT2D eigenvalue weighted by Gasteiger charge is -2.33. The molecule has 2 fully saturated rings. The molecular weight excluding hydrogens is 310 g/mol. The molecule has 1 aliphatic carbocycles. The van der Waals surface area contributed by atoms with E-state index in [1.165, 1.54) is 0 Å². The molecule has 0 radical (unpaired) electrons. The van der Waals surface area contributed by atoms with Gasteiger partial charge in [-0.3, -0.25) is 0 Å². The summed E-state index contributed by atoms with van der Waals surface area (Å²) in [5.41, 5.74) is 0.889. The van der Waals surface area contributed by atoms with E-state index >= 15 is 0 Å². The number of benzene rings is 1. The summed E-state index contributed by atoms with van der Waals surface area (Å²) >= 11 is 6.10. The molecule has 0 N–H and O–H groups in total. The van der Waals surface area contributed by atoms with Gasteiger partial charge < -0.3 is 4.74 Å². The minimum absolute atomic E-state index is 0.0522. The predicted molar refractivity (Wildman–Crippen MR) is 82.1 cm³/mol. The zero-order chi connectivity index (χ0) is 15.0. The molecule has 0 bridgehead atoms. The highest BCUT2D eigenvalue weighted by Crippen LogP contribution is 2.37. The van der Waals surface area contributed by atoms with Gasteiger partial charge in [-0.1, -0.05) is 17.7 Å². The highest BCUT2D eigenvalue weighted by atomic mass is 35.5. The monoisotopic (exact) mass is 329 g/mol. The van der Waals surface area contributed by atoms with E-state index in [1.807, 2.05) is 6.92 Å². The molecule has 0 aromatic heterocycles. The Kier molecular flexibility index (Phi) is 4.28. The van der Waals surface area contributed by atoms with E-state index in [1.54, 1.807) is 22.5 Å². The van der Waals surface area contributed by atoms with E-state index in [0.717, 1.165) is 31.2 Å². The number of nitrogens with zero attached hydrogens (tertiary/aromatic N) is 1. The molecule has 2 aliphatic rings. The summed E-state index contributed by atoms with van der Waals surface area (Å²) in [6.07, 6.45) is 3.46. The highest BCUT2D eigenvalue weighted by molar-refractivity contribution is 7.89. The van der Waals surface area contributed by atoms with Crippen molar-refractivity contribution < 1.29 is 13.2 Å². The van der Waals surface area contributed by atoms with Gasteiger partial charge in [-0.25, -0.2) is 8.42 Å². The summed E-state index contributed by atoms with van der Waals surface area (Å²) in [5.74, 6) is 0. The zero-order valence-corrected chi connectivity index (χ0v) is 13.7. The van der Waals surface area contributed by atoms with Crippen molar-refractivity contribution in [1.29, 1.82) is 0 Å². The summed E-state index contributed by atoms with van der Waals surface area (Å²) < 4.78 is 33.1. The molecule has 0 spiro atoms. The first-order valence-corrected chi connectivity index (χ1v) is 9.19. The second kappa shape index (κ2) is 5.88. The van der Waals surface area contributed by atoms with Gasteiger partial charge in [0.15, 0.2) is 0 Å². The molecule has 0 atom stereocenters. The van der Waals surface area contributed by atoms with Crippen LogP contribution in [0.4, 0.5) is 0 Å². The molecule has 6 heteroatoms. The van der Waals surface area contributed by atoms with Crippen LogP contribution in [0.5, 0.6) is 0 Å². The fourth-order valence-corrected chi connectivity index (χ4v) is 5.02. The second-order valence-corrected chi connectivity index (χ2v) is 8.07. The fourth-order valence-electron chi connectivity index (χ4n) is 2.82. The molecule has 116 valence electrons. The highest BCUT2D eigenvalue weighted by Gasteiger charge is 2.42. The smallest absolute Gasteiger partial charge is 0.243 e. The van der Waals surface area contributed by atoms with Crippen molar-refractivity contribution in [1.82, 2.24) is 4.31 Å². The number of aryl methyl sites for hydroxylation is 1. The Labute approximate surface area is 131 Å². The van der Waals surface area contributed by atoms with Crippen molar-refractivity contribution in [2.75, 3.05) is 13.2 Å². The summed E-state index contributed by atoms with van der Waals surface area (Å²) in [6.45, 7) is 3.14. The Morgan fingerprint density at radius 1 is 1.14 bits per heavy atom. The lowest BCUT2D eigenvalue weighted by molar-refractivity contribution is 0.0569. The van der Waals surface area contributed by atoms with Crippen LogP contribution in [0.1, 0.15) is 31.2 Å². The Balaban J connectivity index is 1.94. The zero-order valence-electron chi connectivity index (χ0n) is 12.1. The van der Waals surface area contributed by atoms with E-state index in [4.69, 9.17) is 16.3 Å². The molecule has 1 aromatic carbocycles. The maximum atomic E-state index is 13.0. The molecule has 3 rings (SSSR count). The van der Waals surface area contributed by atoms with E-state index in [0.29, 0.717) is 23.1 Å². The number of rotatable bonds is 4. The Bertz CT molecular complexity index is 622. The molecule has 1 saturated carbocycles. The van der Waals surface area contributed by atoms with Crippen LogP contribution in [-0.2, 0) is 14.8 Å². The maximum Gasteiger partial charge on any atom is 0.243 e. The van der Waals surface area contributed by atoms with Crippen molar-refractivity contribution >= 4 is 21.6 Å². The van der Waals surface area contributed by atoms with Crippen molar-refractivity contribution in [3.63, 3.8) is 0 Å². The van der Waals surface area contributed by atoms with Crippen molar-refractivity contribution in [3.8, 4) is 0 Å². The van der Waals surface area contributed by atoms with Crippen LogP contribution in [-0.4, -0.2) is 38.0 Å². The van der Waals surface area contributed by atoms with Gasteiger partial charge >= 0.3 is 0 Å². The maximum absolute atomic E-state index is 13.0. The quantitative estimate of drug-likeness (QED) is 0.853. The van der Waals surface area contributed by atoms with E-state index in [-0.39, 0.29) is 12.1 Å². The first-order valence-electron chi connectivity index (χ1n) is 7.37. The molecular formula is C15H20ClNO3S. The van der Waals surface area contributed by atoms with Crippen LogP contribution in [0.3, 0.4) is 0 Å². The SMILES string of the molecule is Cc1ccc(S(=O)(=O)N(C2CCOCC2)C2CC2)cc1Cl. The minimum Gasteiger partial charge on any atom is -0.381 e. The van der Waals surface area contributed by atoms with E-state index < -0.39 is 10.0 Å². The standard InChI is InChI=1S/C15H20ClNO3S/c1-11-2-5-14(10-15(11)16)21(18,19)17(12-3-4-12)13-6-8-20-9-7-13/h2,5,10,12-13H,3-4,6-9H2,1H3. The lowest BCUT2D eigenvalue weighted by atomic mass is 10.1. The van der Waals surface area contributed by atoms with Crippen molar-refractivity contribution in [3.05, 3.63) is 28.8 Å². The van der Waals surface area contributed by atoms with Crippen LogP contribution < -0.4 is 0 Å². The molecule has 1 aromatic rings. The first kappa shape index (κ1) is 15.3. The molecule has 4 nitrogen and oxygen atoms in total. The fraction of sp³-hybridized carbons (Fsp3) is 0.600. The summed E-state index contributed by atoms with van der Waals surface area (Å²) in [5, 5.41) is 0.499. The second-order valence-electron chi connectivity index (χ2n) is 5.82. The summed E-state index contributed by atoms with van der Waals surface area (Å²) in [6, 6.07) is 5.20. The molecule has 21 heavy (non-hydrogen) atoms. The molecule has 1 heterocycles. The number of hydrogen-bond acceptors (Lipinski definition) is 3. The molecule has 0 amide bonds. The van der Waals surface area contributed by atoms with Gasteiger partial charge in [0.25, 0.3) is 0 Å². The van der Waals surface area contributed by atoms with Gasteiger partial charge in [0.1, 0.15) is 0 Å². The predicted octanol–water partition coefficient (Wildman–Crippen LogP) is 2.98. The van der Waals surface area contributed by atoms with Gasteiger partial charge in [0.2, 0.25) is 10.0 Å². The molecule has 1 saturated heterocycles. The topological polar surface area (TPSA) is 46.6 Å². The molecule has 0 unspecified atom stereocenters. The largest absolute Gasteiger partial charge is 0.381 e. The van der Waals surface area contributed by atoms with Gasteiger partial charge in [0, 0.05) is 30.3 Å². The van der Waals surface area contributed by atoms with Crippen molar-refractivity contribution in [2.24, 2.45) is 0 Å². The average Bonchev–Trinajstić information content (AvgIpc) is 3.27. The Morgan fingerprint density at radius 2 is 1.76 bits per heavy atom. The Hall–Kier alpha value is -0.620. The average molecular weight is 330 g/mol. The third-order valence-corrected chi connectivity index (χ3v) is 6.58. The van der Waals surface area contributed by atoms with Gasteiger partial charge in [0.05, 0.1) is 4.90 Å². The normalized spacial score (nSPS) is 20.9. The van der Waals surface area contributed by atoms with Gasteiger partial charge in [-0.15, -0.1) is 0 Å². The summed E-state index contributed by atoms with van der Waals surface area (Å²) in [7, 11) is -3.48. The summed E-state index contributed by atoms with van der Waals surface area (Å²) in [4.78, 5) is 0.302. The molecule has 1 aliphatic heterocycles.